The fourth-order valence-corrected chi connectivity index (χ4v) is 3.59. The molecule has 0 bridgehead atoms. The van der Waals surface area contributed by atoms with Crippen LogP contribution in [0.1, 0.15) is 35.6 Å². The smallest absolute Gasteiger partial charge is 0.223 e. The van der Waals surface area contributed by atoms with Crippen LogP contribution >= 0.6 is 0 Å². The third-order valence-corrected chi connectivity index (χ3v) is 4.47. The van der Waals surface area contributed by atoms with E-state index in [-0.39, 0.29) is 0 Å². The Kier molecular flexibility index (Phi) is 3.60. The molecule has 0 fully saturated rings. The molecule has 0 N–H and O–H groups in total. The van der Waals surface area contributed by atoms with Crippen molar-refractivity contribution in [3.05, 3.63) is 58.7 Å². The molecule has 2 aromatic rings. The minimum Gasteiger partial charge on any atom is -0.346 e. The molecule has 2 nitrogen and oxygen atoms in total. The maximum absolute atomic E-state index is 5.89. The maximum Gasteiger partial charge on any atom is 0.223 e. The summed E-state index contributed by atoms with van der Waals surface area (Å²) >= 11 is 0. The summed E-state index contributed by atoms with van der Waals surface area (Å²) in [7, 11) is 3.45. The van der Waals surface area contributed by atoms with Crippen LogP contribution in [0, 0.1) is 6.92 Å². The molecule has 21 heavy (non-hydrogen) atoms. The van der Waals surface area contributed by atoms with Gasteiger partial charge in [-0.2, -0.15) is 0 Å². The van der Waals surface area contributed by atoms with Crippen molar-refractivity contribution in [3.8, 4) is 11.1 Å². The Morgan fingerprint density at radius 2 is 1.71 bits per heavy atom. The topological polar surface area (TPSA) is 18.5 Å². The van der Waals surface area contributed by atoms with Gasteiger partial charge in [-0.3, -0.25) is 0 Å². The van der Waals surface area contributed by atoms with Crippen molar-refractivity contribution >= 4 is 0 Å². The van der Waals surface area contributed by atoms with E-state index in [0.717, 1.165) is 18.4 Å². The average Bonchev–Trinajstić information content (AvgIpc) is 2.82. The highest BCUT2D eigenvalue weighted by Gasteiger charge is 2.46. The lowest BCUT2D eigenvalue weighted by Crippen LogP contribution is -2.30. The van der Waals surface area contributed by atoms with Crippen LogP contribution in [0.25, 0.3) is 11.1 Å². The number of fused-ring (bicyclic) bond motifs is 3. The summed E-state index contributed by atoms with van der Waals surface area (Å²) in [5, 5.41) is 0. The largest absolute Gasteiger partial charge is 0.346 e. The predicted molar refractivity (Wildman–Crippen MR) is 85.4 cm³/mol. The quantitative estimate of drug-likeness (QED) is 0.773. The molecule has 1 aliphatic carbocycles. The zero-order valence-electron chi connectivity index (χ0n) is 13.2. The van der Waals surface area contributed by atoms with Crippen molar-refractivity contribution in [2.24, 2.45) is 0 Å². The van der Waals surface area contributed by atoms with Gasteiger partial charge in [0.25, 0.3) is 0 Å². The third kappa shape index (κ3) is 1.86. The molecule has 3 rings (SSSR count). The molecule has 0 saturated heterocycles. The zero-order chi connectivity index (χ0) is 15.0. The van der Waals surface area contributed by atoms with Gasteiger partial charge in [-0.15, -0.1) is 0 Å². The normalized spacial score (nSPS) is 14.9. The molecule has 0 unspecified atom stereocenters. The van der Waals surface area contributed by atoms with Gasteiger partial charge in [-0.25, -0.2) is 0 Å². The third-order valence-electron chi connectivity index (χ3n) is 4.47. The minimum atomic E-state index is -0.778. The molecule has 110 valence electrons. The van der Waals surface area contributed by atoms with Gasteiger partial charge in [-0.1, -0.05) is 49.7 Å². The SMILES string of the molecule is CCCc1ccc(C)c2c1-c1ccccc1C2(OC)OC. The van der Waals surface area contributed by atoms with E-state index in [4.69, 9.17) is 9.47 Å². The highest BCUT2D eigenvalue weighted by molar-refractivity contribution is 5.83. The van der Waals surface area contributed by atoms with E-state index in [1.54, 1.807) is 14.2 Å². The van der Waals surface area contributed by atoms with Gasteiger partial charge in [0.1, 0.15) is 0 Å². The van der Waals surface area contributed by atoms with Crippen LogP contribution in [-0.4, -0.2) is 14.2 Å². The van der Waals surface area contributed by atoms with Gasteiger partial charge in [0, 0.05) is 25.3 Å². The number of hydrogen-bond donors (Lipinski definition) is 0. The molecule has 0 saturated carbocycles. The van der Waals surface area contributed by atoms with Crippen molar-refractivity contribution in [1.29, 1.82) is 0 Å². The molecule has 0 aliphatic heterocycles. The van der Waals surface area contributed by atoms with E-state index in [0.29, 0.717) is 0 Å². The molecule has 0 radical (unpaired) electrons. The second-order valence-electron chi connectivity index (χ2n) is 5.61. The van der Waals surface area contributed by atoms with Gasteiger partial charge in [-0.05, 0) is 35.6 Å². The van der Waals surface area contributed by atoms with Gasteiger partial charge >= 0.3 is 0 Å². The van der Waals surface area contributed by atoms with Crippen molar-refractivity contribution in [2.75, 3.05) is 14.2 Å². The molecule has 2 aromatic carbocycles. The molecule has 0 atom stereocenters. The highest BCUT2D eigenvalue weighted by Crippen LogP contribution is 2.52. The van der Waals surface area contributed by atoms with E-state index in [1.165, 1.54) is 27.8 Å². The van der Waals surface area contributed by atoms with E-state index >= 15 is 0 Å². The van der Waals surface area contributed by atoms with E-state index in [1.807, 2.05) is 6.07 Å². The van der Waals surface area contributed by atoms with Crippen molar-refractivity contribution < 1.29 is 9.47 Å². The molecule has 1 aliphatic rings. The molecular formula is C19H22O2. The Labute approximate surface area is 126 Å². The molecular weight excluding hydrogens is 260 g/mol. The zero-order valence-corrected chi connectivity index (χ0v) is 13.2. The first-order valence-corrected chi connectivity index (χ1v) is 7.52. The monoisotopic (exact) mass is 282 g/mol. The van der Waals surface area contributed by atoms with Gasteiger partial charge in [0.15, 0.2) is 0 Å². The first-order valence-electron chi connectivity index (χ1n) is 7.52. The van der Waals surface area contributed by atoms with E-state index in [9.17, 15) is 0 Å². The van der Waals surface area contributed by atoms with Crippen molar-refractivity contribution in [1.82, 2.24) is 0 Å². The average molecular weight is 282 g/mol. The number of ether oxygens (including phenoxy) is 2. The van der Waals surface area contributed by atoms with Crippen LogP contribution < -0.4 is 0 Å². The molecule has 0 aromatic heterocycles. The fraction of sp³-hybridized carbons (Fsp3) is 0.368. The first-order chi connectivity index (χ1) is 10.2. The highest BCUT2D eigenvalue weighted by atomic mass is 16.7. The number of aryl methyl sites for hydroxylation is 2. The second-order valence-corrected chi connectivity index (χ2v) is 5.61. The summed E-state index contributed by atoms with van der Waals surface area (Å²) in [4.78, 5) is 0. The Hall–Kier alpha value is -1.64. The van der Waals surface area contributed by atoms with Crippen LogP contribution in [0.2, 0.25) is 0 Å². The first kappa shape index (κ1) is 14.3. The Bertz CT molecular complexity index is 669. The van der Waals surface area contributed by atoms with Gasteiger partial charge in [0.05, 0.1) is 0 Å². The van der Waals surface area contributed by atoms with Crippen LogP contribution in [0.15, 0.2) is 36.4 Å². The van der Waals surface area contributed by atoms with Crippen molar-refractivity contribution in [3.63, 3.8) is 0 Å². The Morgan fingerprint density at radius 1 is 1.00 bits per heavy atom. The minimum absolute atomic E-state index is 0.778. The summed E-state index contributed by atoms with van der Waals surface area (Å²) in [5.74, 6) is -0.778. The standard InChI is InChI=1S/C19H22O2/c1-5-8-14-12-11-13(2)18-17(14)15-9-6-7-10-16(15)19(18,20-3)21-4/h6-7,9-12H,5,8H2,1-4H3. The van der Waals surface area contributed by atoms with Gasteiger partial charge < -0.3 is 9.47 Å². The van der Waals surface area contributed by atoms with Crippen LogP contribution in [-0.2, 0) is 21.7 Å². The van der Waals surface area contributed by atoms with Crippen LogP contribution in [0.3, 0.4) is 0 Å². The number of rotatable bonds is 4. The van der Waals surface area contributed by atoms with Crippen LogP contribution in [0.4, 0.5) is 0 Å². The van der Waals surface area contributed by atoms with E-state index in [2.05, 4.69) is 44.2 Å². The summed E-state index contributed by atoms with van der Waals surface area (Å²) in [6.07, 6.45) is 2.20. The fourth-order valence-electron chi connectivity index (χ4n) is 3.59. The summed E-state index contributed by atoms with van der Waals surface area (Å²) in [6, 6.07) is 12.8. The Morgan fingerprint density at radius 3 is 2.38 bits per heavy atom. The lowest BCUT2D eigenvalue weighted by molar-refractivity contribution is -0.181. The van der Waals surface area contributed by atoms with Crippen molar-refractivity contribution in [2.45, 2.75) is 32.5 Å². The maximum atomic E-state index is 5.89. The lowest BCUT2D eigenvalue weighted by atomic mass is 9.92. The molecule has 2 heteroatoms. The predicted octanol–water partition coefficient (Wildman–Crippen LogP) is 4.42. The van der Waals surface area contributed by atoms with E-state index < -0.39 is 5.79 Å². The lowest BCUT2D eigenvalue weighted by Gasteiger charge is -2.30. The molecule has 0 amide bonds. The number of benzene rings is 2. The number of hydrogen-bond acceptors (Lipinski definition) is 2. The Balaban J connectivity index is 2.40. The summed E-state index contributed by atoms with van der Waals surface area (Å²) in [6.45, 7) is 4.35. The molecule has 0 spiro atoms. The molecule has 0 heterocycles. The van der Waals surface area contributed by atoms with Crippen LogP contribution in [0.5, 0.6) is 0 Å². The van der Waals surface area contributed by atoms with Gasteiger partial charge in [0.2, 0.25) is 5.79 Å². The summed E-state index contributed by atoms with van der Waals surface area (Å²) in [5.41, 5.74) is 7.40. The summed E-state index contributed by atoms with van der Waals surface area (Å²) < 4.78 is 11.8. The second kappa shape index (κ2) is 5.28. The number of methoxy groups -OCH3 is 2.